The molecule has 0 aliphatic rings. The van der Waals surface area contributed by atoms with Crippen molar-refractivity contribution in [2.24, 2.45) is 0 Å². The Morgan fingerprint density at radius 2 is 1.77 bits per heavy atom. The molecule has 2 heterocycles. The summed E-state index contributed by atoms with van der Waals surface area (Å²) in [6.45, 7) is 0. The molecule has 0 saturated heterocycles. The Balaban J connectivity index is 2.10. The molecule has 0 aliphatic carbocycles. The molecule has 0 atom stereocenters. The zero-order valence-corrected chi connectivity index (χ0v) is 13.0. The van der Waals surface area contributed by atoms with Gasteiger partial charge in [-0.25, -0.2) is 4.39 Å². The molecule has 2 aromatic carbocycles. The minimum absolute atomic E-state index is 0.142. The summed E-state index contributed by atoms with van der Waals surface area (Å²) < 4.78 is 15.9. The predicted octanol–water partition coefficient (Wildman–Crippen LogP) is 6.15. The summed E-state index contributed by atoms with van der Waals surface area (Å²) in [5, 5.41) is 4.09. The van der Waals surface area contributed by atoms with Gasteiger partial charge in [-0.1, -0.05) is 41.9 Å². The number of halogens is 2. The van der Waals surface area contributed by atoms with Crippen LogP contribution in [0.2, 0.25) is 5.02 Å². The van der Waals surface area contributed by atoms with Gasteiger partial charge < -0.3 is 4.57 Å². The molecular weight excluding hydrogens is 317 g/mol. The van der Waals surface area contributed by atoms with Crippen LogP contribution in [0.15, 0.2) is 66.0 Å². The summed E-state index contributed by atoms with van der Waals surface area (Å²) in [5.74, 6) is -0.392. The second kappa shape index (κ2) is 5.27. The molecule has 22 heavy (non-hydrogen) atoms. The molecule has 0 N–H and O–H groups in total. The van der Waals surface area contributed by atoms with Gasteiger partial charge in [0, 0.05) is 5.39 Å². The number of hydrogen-bond donors (Lipinski definition) is 0. The molecule has 0 fully saturated rings. The van der Waals surface area contributed by atoms with Crippen LogP contribution < -0.4 is 0 Å². The van der Waals surface area contributed by atoms with Crippen molar-refractivity contribution in [2.75, 3.05) is 0 Å². The predicted molar refractivity (Wildman–Crippen MR) is 91.6 cm³/mol. The van der Waals surface area contributed by atoms with Gasteiger partial charge in [0.05, 0.1) is 21.2 Å². The monoisotopic (exact) mass is 327 g/mol. The summed E-state index contributed by atoms with van der Waals surface area (Å²) in [5.41, 5.74) is 3.02. The summed E-state index contributed by atoms with van der Waals surface area (Å²) in [7, 11) is 0. The highest BCUT2D eigenvalue weighted by Crippen LogP contribution is 2.35. The van der Waals surface area contributed by atoms with E-state index in [1.54, 1.807) is 17.4 Å². The Hall–Kier alpha value is -2.10. The maximum atomic E-state index is 13.8. The molecular formula is C18H11ClFNS. The van der Waals surface area contributed by atoms with Crippen LogP contribution in [-0.2, 0) is 0 Å². The first-order valence-electron chi connectivity index (χ1n) is 6.84. The van der Waals surface area contributed by atoms with Crippen molar-refractivity contribution < 1.29 is 4.39 Å². The van der Waals surface area contributed by atoms with Crippen LogP contribution >= 0.6 is 22.9 Å². The SMILES string of the molecule is Fc1cc2cc(-c3ccccc3)n(-c3cccs3)c2cc1Cl. The summed E-state index contributed by atoms with van der Waals surface area (Å²) in [6.07, 6.45) is 0. The van der Waals surface area contributed by atoms with E-state index in [9.17, 15) is 4.39 Å². The van der Waals surface area contributed by atoms with Gasteiger partial charge in [0.1, 0.15) is 5.82 Å². The lowest BCUT2D eigenvalue weighted by molar-refractivity contribution is 0.630. The fourth-order valence-corrected chi connectivity index (χ4v) is 3.57. The van der Waals surface area contributed by atoms with E-state index >= 15 is 0 Å². The lowest BCUT2D eigenvalue weighted by atomic mass is 10.1. The highest BCUT2D eigenvalue weighted by molar-refractivity contribution is 7.12. The van der Waals surface area contributed by atoms with Gasteiger partial charge in [-0.15, -0.1) is 11.3 Å². The van der Waals surface area contributed by atoms with Crippen molar-refractivity contribution >= 4 is 33.8 Å². The third-order valence-corrected chi connectivity index (χ3v) is 4.78. The normalized spacial score (nSPS) is 11.2. The largest absolute Gasteiger partial charge is 0.301 e. The van der Waals surface area contributed by atoms with E-state index in [2.05, 4.69) is 16.7 Å². The van der Waals surface area contributed by atoms with Crippen molar-refractivity contribution in [1.82, 2.24) is 4.57 Å². The number of hydrogen-bond acceptors (Lipinski definition) is 1. The first kappa shape index (κ1) is 13.6. The summed E-state index contributed by atoms with van der Waals surface area (Å²) in [4.78, 5) is 0. The minimum atomic E-state index is -0.392. The number of nitrogens with zero attached hydrogens (tertiary/aromatic N) is 1. The number of rotatable bonds is 2. The lowest BCUT2D eigenvalue weighted by Crippen LogP contribution is -1.94. The van der Waals surface area contributed by atoms with Crippen LogP contribution in [0.1, 0.15) is 0 Å². The smallest absolute Gasteiger partial charge is 0.142 e. The molecule has 0 radical (unpaired) electrons. The fraction of sp³-hybridized carbons (Fsp3) is 0. The Bertz CT molecular complexity index is 942. The van der Waals surface area contributed by atoms with Crippen molar-refractivity contribution in [3.8, 4) is 16.3 Å². The third kappa shape index (κ3) is 2.14. The van der Waals surface area contributed by atoms with Crippen molar-refractivity contribution in [2.45, 2.75) is 0 Å². The van der Waals surface area contributed by atoms with Gasteiger partial charge in [0.2, 0.25) is 0 Å². The Morgan fingerprint density at radius 3 is 2.50 bits per heavy atom. The van der Waals surface area contributed by atoms with Crippen LogP contribution in [0.5, 0.6) is 0 Å². The van der Waals surface area contributed by atoms with Gasteiger partial charge in [0.25, 0.3) is 0 Å². The van der Waals surface area contributed by atoms with E-state index in [4.69, 9.17) is 11.6 Å². The van der Waals surface area contributed by atoms with Gasteiger partial charge in [-0.2, -0.15) is 0 Å². The molecule has 0 amide bonds. The highest BCUT2D eigenvalue weighted by atomic mass is 35.5. The molecule has 108 valence electrons. The van der Waals surface area contributed by atoms with Gasteiger partial charge in [0.15, 0.2) is 0 Å². The van der Waals surface area contributed by atoms with E-state index in [0.29, 0.717) is 0 Å². The molecule has 4 rings (SSSR count). The molecule has 0 unspecified atom stereocenters. The van der Waals surface area contributed by atoms with E-state index in [1.807, 2.05) is 41.8 Å². The Kier molecular flexibility index (Phi) is 3.25. The summed E-state index contributed by atoms with van der Waals surface area (Å²) in [6, 6.07) is 19.3. The lowest BCUT2D eigenvalue weighted by Gasteiger charge is -2.09. The van der Waals surface area contributed by atoms with Gasteiger partial charge in [-0.05, 0) is 41.3 Å². The fourth-order valence-electron chi connectivity index (χ4n) is 2.66. The van der Waals surface area contributed by atoms with E-state index in [1.165, 1.54) is 6.07 Å². The number of aromatic nitrogens is 1. The zero-order valence-electron chi connectivity index (χ0n) is 11.5. The maximum Gasteiger partial charge on any atom is 0.142 e. The molecule has 0 spiro atoms. The zero-order chi connectivity index (χ0) is 15.1. The minimum Gasteiger partial charge on any atom is -0.301 e. The molecule has 2 aromatic heterocycles. The molecule has 0 bridgehead atoms. The molecule has 0 aliphatic heterocycles. The molecule has 1 nitrogen and oxygen atoms in total. The molecule has 4 heteroatoms. The van der Waals surface area contributed by atoms with E-state index < -0.39 is 5.82 Å². The van der Waals surface area contributed by atoms with Crippen LogP contribution in [-0.4, -0.2) is 4.57 Å². The second-order valence-corrected chi connectivity index (χ2v) is 6.34. The molecule has 4 aromatic rings. The highest BCUT2D eigenvalue weighted by Gasteiger charge is 2.15. The van der Waals surface area contributed by atoms with Gasteiger partial charge >= 0.3 is 0 Å². The topological polar surface area (TPSA) is 4.93 Å². The second-order valence-electron chi connectivity index (χ2n) is 5.01. The van der Waals surface area contributed by atoms with Crippen LogP contribution in [0.25, 0.3) is 27.2 Å². The van der Waals surface area contributed by atoms with Crippen LogP contribution in [0.4, 0.5) is 4.39 Å². The van der Waals surface area contributed by atoms with E-state index in [-0.39, 0.29) is 5.02 Å². The first-order valence-corrected chi connectivity index (χ1v) is 8.09. The van der Waals surface area contributed by atoms with Gasteiger partial charge in [-0.3, -0.25) is 0 Å². The van der Waals surface area contributed by atoms with Crippen LogP contribution in [0, 0.1) is 5.82 Å². The first-order chi connectivity index (χ1) is 10.7. The van der Waals surface area contributed by atoms with Crippen molar-refractivity contribution in [3.05, 3.63) is 76.9 Å². The van der Waals surface area contributed by atoms with Crippen LogP contribution in [0.3, 0.4) is 0 Å². The Morgan fingerprint density at radius 1 is 0.955 bits per heavy atom. The Labute approximate surface area is 136 Å². The maximum absolute atomic E-state index is 13.8. The van der Waals surface area contributed by atoms with Crippen molar-refractivity contribution in [1.29, 1.82) is 0 Å². The number of benzene rings is 2. The van der Waals surface area contributed by atoms with Crippen molar-refractivity contribution in [3.63, 3.8) is 0 Å². The average Bonchev–Trinajstić information content (AvgIpc) is 3.16. The average molecular weight is 328 g/mol. The quantitative estimate of drug-likeness (QED) is 0.416. The third-order valence-electron chi connectivity index (χ3n) is 3.64. The number of thiophene rings is 1. The molecule has 0 saturated carbocycles. The summed E-state index contributed by atoms with van der Waals surface area (Å²) >= 11 is 7.63. The standard InChI is InChI=1S/C18H11ClFNS/c19-14-11-17-13(9-15(14)20)10-16(12-5-2-1-3-6-12)21(17)18-7-4-8-22-18/h1-11H. The van der Waals surface area contributed by atoms with E-state index in [0.717, 1.165) is 27.2 Å². The number of fused-ring (bicyclic) bond motifs is 1.